The van der Waals surface area contributed by atoms with Gasteiger partial charge in [0.2, 0.25) is 6.79 Å². The summed E-state index contributed by atoms with van der Waals surface area (Å²) < 4.78 is 92.8. The maximum absolute atomic E-state index is 12.9. The molecule has 1 heterocycles. The number of amides is 1. The van der Waals surface area contributed by atoms with E-state index in [0.29, 0.717) is 29.4 Å². The second-order valence-electron chi connectivity index (χ2n) is 6.13. The van der Waals surface area contributed by atoms with E-state index in [4.69, 9.17) is 14.2 Å². The summed E-state index contributed by atoms with van der Waals surface area (Å²) in [4.78, 5) is 12.0. The maximum Gasteiger partial charge on any atom is 0.416 e. The molecule has 0 bridgehead atoms. The van der Waals surface area contributed by atoms with E-state index in [0.717, 1.165) is 0 Å². The Morgan fingerprint density at radius 3 is 2.23 bits per heavy atom. The van der Waals surface area contributed by atoms with Crippen molar-refractivity contribution in [3.05, 3.63) is 53.1 Å². The molecule has 1 aliphatic heterocycles. The largest absolute Gasteiger partial charge is 0.481 e. The second kappa shape index (κ2) is 8.67. The van der Waals surface area contributed by atoms with Crippen molar-refractivity contribution in [2.45, 2.75) is 12.4 Å². The van der Waals surface area contributed by atoms with E-state index < -0.39 is 35.0 Å². The number of hydrogen-bond acceptors (Lipinski definition) is 4. The first-order valence-electron chi connectivity index (χ1n) is 8.60. The Balaban J connectivity index is 1.57. The van der Waals surface area contributed by atoms with E-state index in [1.54, 1.807) is 18.2 Å². The van der Waals surface area contributed by atoms with Gasteiger partial charge < -0.3 is 19.5 Å². The molecule has 2 aromatic carbocycles. The van der Waals surface area contributed by atoms with E-state index in [1.807, 2.05) is 0 Å². The fourth-order valence-electron chi connectivity index (χ4n) is 2.51. The van der Waals surface area contributed by atoms with Gasteiger partial charge in [0.05, 0.1) is 17.7 Å². The number of benzene rings is 2. The van der Waals surface area contributed by atoms with Crippen molar-refractivity contribution in [1.82, 2.24) is 5.32 Å². The third-order valence-electron chi connectivity index (χ3n) is 3.97. The number of hydrogen-bond donors (Lipinski definition) is 1. The molecule has 5 nitrogen and oxygen atoms in total. The van der Waals surface area contributed by atoms with Gasteiger partial charge >= 0.3 is 12.4 Å². The van der Waals surface area contributed by atoms with Crippen LogP contribution in [0.2, 0.25) is 0 Å². The van der Waals surface area contributed by atoms with E-state index in [1.165, 1.54) is 0 Å². The molecule has 0 atom stereocenters. The van der Waals surface area contributed by atoms with Gasteiger partial charge in [-0.1, -0.05) is 11.8 Å². The zero-order valence-electron chi connectivity index (χ0n) is 15.5. The van der Waals surface area contributed by atoms with Gasteiger partial charge in [0.25, 0.3) is 5.91 Å². The number of ether oxygens (including phenoxy) is 3. The molecule has 1 aliphatic rings. The number of carbonyl (C=O) groups excluding carboxylic acids is 1. The van der Waals surface area contributed by atoms with E-state index in [2.05, 4.69) is 17.2 Å². The van der Waals surface area contributed by atoms with Crippen molar-refractivity contribution in [2.24, 2.45) is 0 Å². The molecule has 11 heteroatoms. The first-order chi connectivity index (χ1) is 14.5. The van der Waals surface area contributed by atoms with Crippen LogP contribution < -0.4 is 19.5 Å². The molecule has 1 amide bonds. The minimum absolute atomic E-state index is 0.0515. The second-order valence-corrected chi connectivity index (χ2v) is 6.13. The Kier molecular flexibility index (Phi) is 6.19. The van der Waals surface area contributed by atoms with Crippen LogP contribution in [0.25, 0.3) is 0 Å². The Hall–Kier alpha value is -3.55. The average molecular weight is 445 g/mol. The van der Waals surface area contributed by atoms with Crippen LogP contribution in [0.1, 0.15) is 21.5 Å². The lowest BCUT2D eigenvalue weighted by Crippen LogP contribution is -2.25. The predicted octanol–water partition coefficient (Wildman–Crippen LogP) is 4.27. The standard InChI is InChI=1S/C20H13F6NO4/c21-19(22,23)13-7-12(8-14(9-13)20(24,25)26)18(28)27-5-1-2-6-29-15-3-4-16-17(10-15)31-11-30-16/h3-4,7-10H,5-6,11H2,(H,27,28). The van der Waals surface area contributed by atoms with Crippen molar-refractivity contribution < 1.29 is 45.3 Å². The summed E-state index contributed by atoms with van der Waals surface area (Å²) in [6.07, 6.45) is -10.1. The SMILES string of the molecule is O=C(NCC#CCOc1ccc2c(c1)OCO2)c1cc(C(F)(F)F)cc(C(F)(F)F)c1. The van der Waals surface area contributed by atoms with E-state index >= 15 is 0 Å². The number of nitrogens with one attached hydrogen (secondary N) is 1. The first kappa shape index (κ1) is 22.1. The fraction of sp³-hybridized carbons (Fsp3) is 0.250. The van der Waals surface area contributed by atoms with Crippen molar-refractivity contribution in [2.75, 3.05) is 19.9 Å². The van der Waals surface area contributed by atoms with E-state index in [9.17, 15) is 31.1 Å². The molecule has 0 saturated heterocycles. The third-order valence-corrected chi connectivity index (χ3v) is 3.97. The Morgan fingerprint density at radius 1 is 0.935 bits per heavy atom. The zero-order chi connectivity index (χ0) is 22.6. The van der Waals surface area contributed by atoms with Crippen LogP contribution in [0.5, 0.6) is 17.2 Å². The minimum atomic E-state index is -5.04. The Labute approximate surface area is 171 Å². The number of carbonyl (C=O) groups is 1. The molecule has 0 spiro atoms. The van der Waals surface area contributed by atoms with Gasteiger partial charge in [-0.05, 0) is 30.3 Å². The lowest BCUT2D eigenvalue weighted by molar-refractivity contribution is -0.143. The van der Waals surface area contributed by atoms with Crippen molar-refractivity contribution >= 4 is 5.91 Å². The molecular weight excluding hydrogens is 432 g/mol. The lowest BCUT2D eigenvalue weighted by Gasteiger charge is -2.13. The van der Waals surface area contributed by atoms with Crippen molar-refractivity contribution in [3.8, 4) is 29.1 Å². The molecule has 0 aliphatic carbocycles. The summed E-state index contributed by atoms with van der Waals surface area (Å²) in [7, 11) is 0. The zero-order valence-corrected chi connectivity index (χ0v) is 15.5. The van der Waals surface area contributed by atoms with Gasteiger partial charge in [-0.2, -0.15) is 26.3 Å². The molecule has 0 radical (unpaired) electrons. The minimum Gasteiger partial charge on any atom is -0.481 e. The van der Waals surface area contributed by atoms with Gasteiger partial charge in [0.15, 0.2) is 11.5 Å². The maximum atomic E-state index is 12.9. The highest BCUT2D eigenvalue weighted by Gasteiger charge is 2.37. The quantitative estimate of drug-likeness (QED) is 0.565. The number of rotatable bonds is 4. The highest BCUT2D eigenvalue weighted by Crippen LogP contribution is 2.36. The smallest absolute Gasteiger partial charge is 0.416 e. The Bertz CT molecular complexity index is 1000. The van der Waals surface area contributed by atoms with Crippen molar-refractivity contribution in [3.63, 3.8) is 0 Å². The summed E-state index contributed by atoms with van der Waals surface area (Å²) >= 11 is 0. The normalized spacial score (nSPS) is 12.7. The molecule has 0 aromatic heterocycles. The summed E-state index contributed by atoms with van der Waals surface area (Å²) in [6, 6.07) is 5.52. The monoisotopic (exact) mass is 445 g/mol. The molecular formula is C20H13F6NO4. The summed E-state index contributed by atoms with van der Waals surface area (Å²) in [6.45, 7) is -0.271. The van der Waals surface area contributed by atoms with Crippen LogP contribution in [0.15, 0.2) is 36.4 Å². The number of fused-ring (bicyclic) bond motifs is 1. The van der Waals surface area contributed by atoms with Crippen LogP contribution in [0, 0.1) is 11.8 Å². The third kappa shape index (κ3) is 5.75. The summed E-state index contributed by atoms with van der Waals surface area (Å²) in [5.41, 5.74) is -3.92. The van der Waals surface area contributed by atoms with Gasteiger partial charge in [-0.15, -0.1) is 0 Å². The molecule has 0 saturated carbocycles. The molecule has 164 valence electrons. The molecule has 1 N–H and O–H groups in total. The van der Waals surface area contributed by atoms with Crippen molar-refractivity contribution in [1.29, 1.82) is 0 Å². The lowest BCUT2D eigenvalue weighted by atomic mass is 10.0. The highest BCUT2D eigenvalue weighted by molar-refractivity contribution is 5.94. The van der Waals surface area contributed by atoms with Gasteiger partial charge in [0, 0.05) is 11.6 Å². The molecule has 0 unspecified atom stereocenters. The van der Waals surface area contributed by atoms with Gasteiger partial charge in [-0.25, -0.2) is 0 Å². The molecule has 0 fully saturated rings. The summed E-state index contributed by atoms with van der Waals surface area (Å²) in [5.74, 6) is 5.46. The predicted molar refractivity (Wildman–Crippen MR) is 94.6 cm³/mol. The van der Waals surface area contributed by atoms with Crippen LogP contribution in [-0.4, -0.2) is 25.9 Å². The van der Waals surface area contributed by atoms with Crippen LogP contribution in [0.3, 0.4) is 0 Å². The van der Waals surface area contributed by atoms with Gasteiger partial charge in [-0.3, -0.25) is 4.79 Å². The fourth-order valence-corrected chi connectivity index (χ4v) is 2.51. The topological polar surface area (TPSA) is 56.8 Å². The average Bonchev–Trinajstić information content (AvgIpc) is 3.16. The summed E-state index contributed by atoms with van der Waals surface area (Å²) in [5, 5.41) is 2.15. The molecule has 2 aromatic rings. The van der Waals surface area contributed by atoms with Gasteiger partial charge in [0.1, 0.15) is 12.4 Å². The highest BCUT2D eigenvalue weighted by atomic mass is 19.4. The molecule has 3 rings (SSSR count). The van der Waals surface area contributed by atoms with Crippen LogP contribution in [-0.2, 0) is 12.4 Å². The number of alkyl halides is 6. The molecule has 31 heavy (non-hydrogen) atoms. The van der Waals surface area contributed by atoms with Crippen LogP contribution in [0.4, 0.5) is 26.3 Å². The first-order valence-corrected chi connectivity index (χ1v) is 8.60. The van der Waals surface area contributed by atoms with Crippen LogP contribution >= 0.6 is 0 Å². The van der Waals surface area contributed by atoms with E-state index in [-0.39, 0.29) is 26.0 Å². The number of halogens is 6. The Morgan fingerprint density at radius 2 is 1.58 bits per heavy atom.